The first-order chi connectivity index (χ1) is 14.5. The molecule has 0 saturated heterocycles. The Bertz CT molecular complexity index is 1390. The Labute approximate surface area is 177 Å². The fraction of sp³-hybridized carbons (Fsp3) is 0.0435. The number of nitrogens with zero attached hydrogens (tertiary/aromatic N) is 3. The van der Waals surface area contributed by atoms with Crippen molar-refractivity contribution in [3.8, 4) is 11.8 Å². The number of benzene rings is 3. The summed E-state index contributed by atoms with van der Waals surface area (Å²) in [5, 5.41) is 12.5. The SMILES string of the molecule is Cc1nc2ccccc2c(=O)n1-c1ccc(C(=O)Nc2ccc(C#N)c(Cl)c2)cc1. The van der Waals surface area contributed by atoms with Crippen molar-refractivity contribution in [3.05, 3.63) is 99.1 Å². The van der Waals surface area contributed by atoms with Gasteiger partial charge >= 0.3 is 0 Å². The summed E-state index contributed by atoms with van der Waals surface area (Å²) in [5.41, 5.74) is 2.34. The van der Waals surface area contributed by atoms with Crippen molar-refractivity contribution in [2.24, 2.45) is 0 Å². The molecular weight excluding hydrogens is 400 g/mol. The lowest BCUT2D eigenvalue weighted by atomic mass is 10.1. The zero-order valence-electron chi connectivity index (χ0n) is 15.9. The molecule has 0 aliphatic heterocycles. The molecule has 1 heterocycles. The molecular formula is C23H15ClN4O2. The van der Waals surface area contributed by atoms with Crippen LogP contribution < -0.4 is 10.9 Å². The Morgan fingerprint density at radius 3 is 2.53 bits per heavy atom. The first-order valence-corrected chi connectivity index (χ1v) is 9.45. The average molecular weight is 415 g/mol. The lowest BCUT2D eigenvalue weighted by Gasteiger charge is -2.12. The number of amides is 1. The molecule has 0 aliphatic carbocycles. The van der Waals surface area contributed by atoms with Gasteiger partial charge in [0.15, 0.2) is 0 Å². The van der Waals surface area contributed by atoms with Crippen LogP contribution in [0.1, 0.15) is 21.7 Å². The number of aromatic nitrogens is 2. The number of rotatable bonds is 3. The Morgan fingerprint density at radius 1 is 1.10 bits per heavy atom. The number of aryl methyl sites for hydroxylation is 1. The molecule has 0 atom stereocenters. The minimum absolute atomic E-state index is 0.164. The highest BCUT2D eigenvalue weighted by Crippen LogP contribution is 2.21. The zero-order valence-corrected chi connectivity index (χ0v) is 16.6. The van der Waals surface area contributed by atoms with Gasteiger partial charge in [0.05, 0.1) is 27.2 Å². The van der Waals surface area contributed by atoms with Gasteiger partial charge < -0.3 is 5.32 Å². The van der Waals surface area contributed by atoms with Gasteiger partial charge in [-0.2, -0.15) is 5.26 Å². The van der Waals surface area contributed by atoms with E-state index in [1.807, 2.05) is 12.1 Å². The van der Waals surface area contributed by atoms with Gasteiger partial charge in [-0.05, 0) is 61.5 Å². The van der Waals surface area contributed by atoms with Crippen molar-refractivity contribution in [1.82, 2.24) is 9.55 Å². The van der Waals surface area contributed by atoms with Gasteiger partial charge in [0, 0.05) is 11.3 Å². The monoisotopic (exact) mass is 414 g/mol. The smallest absolute Gasteiger partial charge is 0.265 e. The maximum atomic E-state index is 12.9. The second-order valence-electron chi connectivity index (χ2n) is 6.62. The molecule has 0 saturated carbocycles. The van der Waals surface area contributed by atoms with Gasteiger partial charge in [0.2, 0.25) is 0 Å². The molecule has 1 aromatic heterocycles. The molecule has 3 aromatic carbocycles. The van der Waals surface area contributed by atoms with Crippen LogP contribution in [0.4, 0.5) is 5.69 Å². The first kappa shape index (κ1) is 19.4. The lowest BCUT2D eigenvalue weighted by Crippen LogP contribution is -2.22. The number of carbonyl (C=O) groups excluding carboxylic acids is 1. The molecule has 30 heavy (non-hydrogen) atoms. The fourth-order valence-electron chi connectivity index (χ4n) is 3.20. The third-order valence-corrected chi connectivity index (χ3v) is 4.99. The maximum absolute atomic E-state index is 12.9. The van der Waals surface area contributed by atoms with Crippen molar-refractivity contribution >= 4 is 34.1 Å². The summed E-state index contributed by atoms with van der Waals surface area (Å²) in [5.74, 6) is 0.228. The molecule has 0 fully saturated rings. The summed E-state index contributed by atoms with van der Waals surface area (Å²) in [4.78, 5) is 29.9. The Kier molecular flexibility index (Phi) is 5.05. The van der Waals surface area contributed by atoms with Crippen LogP contribution in [-0.2, 0) is 0 Å². The summed E-state index contributed by atoms with van der Waals surface area (Å²) >= 11 is 6.01. The van der Waals surface area contributed by atoms with E-state index in [2.05, 4.69) is 10.3 Å². The number of hydrogen-bond acceptors (Lipinski definition) is 4. The van der Waals surface area contributed by atoms with Gasteiger partial charge in [-0.3, -0.25) is 14.2 Å². The van der Waals surface area contributed by atoms with Gasteiger partial charge in [0.25, 0.3) is 11.5 Å². The number of anilines is 1. The number of halogens is 1. The summed E-state index contributed by atoms with van der Waals surface area (Å²) in [7, 11) is 0. The highest BCUT2D eigenvalue weighted by Gasteiger charge is 2.12. The Hall–Kier alpha value is -3.95. The van der Waals surface area contributed by atoms with Crippen molar-refractivity contribution < 1.29 is 4.79 Å². The van der Waals surface area contributed by atoms with Gasteiger partial charge in [-0.1, -0.05) is 23.7 Å². The van der Waals surface area contributed by atoms with Crippen molar-refractivity contribution in [2.75, 3.05) is 5.32 Å². The van der Waals surface area contributed by atoms with Crippen LogP contribution in [-0.4, -0.2) is 15.5 Å². The van der Waals surface area contributed by atoms with Gasteiger partial charge in [0.1, 0.15) is 11.9 Å². The van der Waals surface area contributed by atoms with E-state index in [-0.39, 0.29) is 16.5 Å². The molecule has 1 amide bonds. The predicted molar refractivity (Wildman–Crippen MR) is 116 cm³/mol. The summed E-state index contributed by atoms with van der Waals surface area (Å²) in [6.45, 7) is 1.77. The summed E-state index contributed by atoms with van der Waals surface area (Å²) < 4.78 is 1.52. The fourth-order valence-corrected chi connectivity index (χ4v) is 3.42. The molecule has 4 rings (SSSR count). The molecule has 0 bridgehead atoms. The molecule has 0 unspecified atom stereocenters. The van der Waals surface area contributed by atoms with Crippen molar-refractivity contribution in [1.29, 1.82) is 5.26 Å². The highest BCUT2D eigenvalue weighted by molar-refractivity contribution is 6.32. The summed E-state index contributed by atoms with van der Waals surface area (Å²) in [6, 6.07) is 20.5. The van der Waals surface area contributed by atoms with Gasteiger partial charge in [-0.25, -0.2) is 4.98 Å². The van der Waals surface area contributed by atoms with Crippen molar-refractivity contribution in [2.45, 2.75) is 6.92 Å². The topological polar surface area (TPSA) is 87.8 Å². The zero-order chi connectivity index (χ0) is 21.3. The Morgan fingerprint density at radius 2 is 1.83 bits per heavy atom. The molecule has 146 valence electrons. The van der Waals surface area contributed by atoms with Crippen LogP contribution in [0, 0.1) is 18.3 Å². The molecule has 4 aromatic rings. The molecule has 7 heteroatoms. The standard InChI is InChI=1S/C23H15ClN4O2/c1-14-26-21-5-3-2-4-19(21)23(30)28(14)18-10-7-15(8-11-18)22(29)27-17-9-6-16(13-25)20(24)12-17/h2-12H,1H3,(H,27,29). The number of fused-ring (bicyclic) bond motifs is 1. The number of nitriles is 1. The number of carbonyl (C=O) groups is 1. The quantitative estimate of drug-likeness (QED) is 0.535. The largest absolute Gasteiger partial charge is 0.322 e. The summed E-state index contributed by atoms with van der Waals surface area (Å²) in [6.07, 6.45) is 0. The van der Waals surface area contributed by atoms with E-state index in [1.165, 1.54) is 10.6 Å². The van der Waals surface area contributed by atoms with E-state index in [4.69, 9.17) is 16.9 Å². The van der Waals surface area contributed by atoms with E-state index in [1.54, 1.807) is 61.5 Å². The third kappa shape index (κ3) is 3.54. The van der Waals surface area contributed by atoms with Crippen LogP contribution in [0.2, 0.25) is 5.02 Å². The lowest BCUT2D eigenvalue weighted by molar-refractivity contribution is 0.102. The molecule has 0 spiro atoms. The molecule has 0 aliphatic rings. The maximum Gasteiger partial charge on any atom is 0.265 e. The van der Waals surface area contributed by atoms with Crippen LogP contribution >= 0.6 is 11.6 Å². The second-order valence-corrected chi connectivity index (χ2v) is 7.03. The molecule has 0 radical (unpaired) electrons. The van der Waals surface area contributed by atoms with E-state index in [0.717, 1.165) is 0 Å². The third-order valence-electron chi connectivity index (χ3n) is 4.68. The average Bonchev–Trinajstić information content (AvgIpc) is 2.74. The van der Waals surface area contributed by atoms with E-state index in [9.17, 15) is 9.59 Å². The minimum Gasteiger partial charge on any atom is -0.322 e. The van der Waals surface area contributed by atoms with Crippen LogP contribution in [0.5, 0.6) is 0 Å². The predicted octanol–water partition coefficient (Wildman–Crippen LogP) is 4.47. The number of para-hydroxylation sites is 1. The van der Waals surface area contributed by atoms with Crippen LogP contribution in [0.25, 0.3) is 16.6 Å². The number of hydrogen-bond donors (Lipinski definition) is 1. The second kappa shape index (κ2) is 7.82. The van der Waals surface area contributed by atoms with Crippen LogP contribution in [0.3, 0.4) is 0 Å². The highest BCUT2D eigenvalue weighted by atomic mass is 35.5. The Balaban J connectivity index is 1.63. The van der Waals surface area contributed by atoms with E-state index >= 15 is 0 Å². The normalized spacial score (nSPS) is 10.6. The minimum atomic E-state index is -0.331. The van der Waals surface area contributed by atoms with Gasteiger partial charge in [-0.15, -0.1) is 0 Å². The first-order valence-electron chi connectivity index (χ1n) is 9.08. The number of nitrogens with one attached hydrogen (secondary N) is 1. The van der Waals surface area contributed by atoms with E-state index in [0.29, 0.717) is 39.2 Å². The molecule has 6 nitrogen and oxygen atoms in total. The van der Waals surface area contributed by atoms with E-state index < -0.39 is 0 Å². The van der Waals surface area contributed by atoms with Crippen LogP contribution in [0.15, 0.2) is 71.5 Å². The van der Waals surface area contributed by atoms with Crippen molar-refractivity contribution in [3.63, 3.8) is 0 Å². The molecule has 1 N–H and O–H groups in total.